The molecule has 0 aromatic rings. The molecule has 0 aromatic heterocycles. The van der Waals surface area contributed by atoms with Crippen LogP contribution in [0.25, 0.3) is 0 Å². The largest absolute Gasteiger partial charge is 0.355 e. The van der Waals surface area contributed by atoms with Crippen molar-refractivity contribution in [2.24, 2.45) is 16.8 Å². The average Bonchev–Trinajstić information content (AvgIpc) is 3.19. The first kappa shape index (κ1) is 20.0. The van der Waals surface area contributed by atoms with Crippen molar-refractivity contribution in [3.63, 3.8) is 0 Å². The Morgan fingerprint density at radius 2 is 2.05 bits per heavy atom. The van der Waals surface area contributed by atoms with Crippen LogP contribution < -0.4 is 5.32 Å². The predicted molar refractivity (Wildman–Crippen MR) is 106 cm³/mol. The summed E-state index contributed by atoms with van der Waals surface area (Å²) in [5.74, 6) is 2.76. The molecule has 1 saturated heterocycles. The fourth-order valence-corrected chi connectivity index (χ4v) is 3.57. The van der Waals surface area contributed by atoms with Crippen LogP contribution in [-0.2, 0) is 0 Å². The number of hydrogen-bond donors (Lipinski definition) is 1. The molecule has 1 heterocycles. The zero-order valence-corrected chi connectivity index (χ0v) is 17.2. The van der Waals surface area contributed by atoms with Gasteiger partial charge in [0.05, 0.1) is 0 Å². The Bertz CT molecular complexity index is 342. The Morgan fingerprint density at radius 3 is 2.59 bits per heavy atom. The summed E-state index contributed by atoms with van der Waals surface area (Å²) in [6.07, 6.45) is 5.46. The summed E-state index contributed by atoms with van der Waals surface area (Å²) in [5, 5.41) is 3.57. The summed E-state index contributed by atoms with van der Waals surface area (Å²) < 4.78 is 0. The van der Waals surface area contributed by atoms with E-state index in [1.54, 1.807) is 0 Å². The minimum Gasteiger partial charge on any atom is -0.355 e. The van der Waals surface area contributed by atoms with Crippen molar-refractivity contribution in [1.82, 2.24) is 15.1 Å². The van der Waals surface area contributed by atoms with Gasteiger partial charge in [0.25, 0.3) is 0 Å². The number of likely N-dealkylation sites (N-methyl/N-ethyl adjacent to an activating group) is 1. The summed E-state index contributed by atoms with van der Waals surface area (Å²) >= 11 is 0. The number of aliphatic imine (C=N–C) groups is 1. The summed E-state index contributed by atoms with van der Waals surface area (Å²) in [7, 11) is 1.91. The van der Waals surface area contributed by atoms with Gasteiger partial charge < -0.3 is 10.2 Å². The van der Waals surface area contributed by atoms with Crippen molar-refractivity contribution in [1.29, 1.82) is 0 Å². The summed E-state index contributed by atoms with van der Waals surface area (Å²) in [5.41, 5.74) is 0. The van der Waals surface area contributed by atoms with Gasteiger partial charge in [0, 0.05) is 39.3 Å². The third-order valence-electron chi connectivity index (χ3n) is 4.75. The highest BCUT2D eigenvalue weighted by atomic mass is 127. The Morgan fingerprint density at radius 1 is 1.32 bits per heavy atom. The molecule has 2 fully saturated rings. The maximum Gasteiger partial charge on any atom is 0.193 e. The second-order valence-corrected chi connectivity index (χ2v) is 7.06. The lowest BCUT2D eigenvalue weighted by Crippen LogP contribution is -2.43. The highest BCUT2D eigenvalue weighted by Gasteiger charge is 2.28. The third kappa shape index (κ3) is 6.22. The molecule has 1 aliphatic carbocycles. The van der Waals surface area contributed by atoms with Crippen molar-refractivity contribution in [2.75, 3.05) is 39.8 Å². The lowest BCUT2D eigenvalue weighted by atomic mass is 9.97. The summed E-state index contributed by atoms with van der Waals surface area (Å²) in [6, 6.07) is 0.862. The molecule has 1 aliphatic heterocycles. The molecule has 1 unspecified atom stereocenters. The summed E-state index contributed by atoms with van der Waals surface area (Å²) in [4.78, 5) is 9.51. The third-order valence-corrected chi connectivity index (χ3v) is 4.75. The van der Waals surface area contributed by atoms with E-state index in [9.17, 15) is 0 Å². The quantitative estimate of drug-likeness (QED) is 0.389. The molecule has 0 spiro atoms. The molecule has 1 N–H and O–H groups in total. The van der Waals surface area contributed by atoms with Crippen LogP contribution in [-0.4, -0.2) is 61.6 Å². The van der Waals surface area contributed by atoms with Crippen LogP contribution in [0.4, 0.5) is 0 Å². The molecule has 0 amide bonds. The number of hydrogen-bond acceptors (Lipinski definition) is 2. The van der Waals surface area contributed by atoms with E-state index in [0.29, 0.717) is 0 Å². The van der Waals surface area contributed by atoms with E-state index in [0.717, 1.165) is 43.5 Å². The highest BCUT2D eigenvalue weighted by molar-refractivity contribution is 14.0. The smallest absolute Gasteiger partial charge is 0.193 e. The van der Waals surface area contributed by atoms with Gasteiger partial charge in [-0.1, -0.05) is 20.8 Å². The zero-order valence-electron chi connectivity index (χ0n) is 14.8. The first-order valence-corrected chi connectivity index (χ1v) is 8.83. The van der Waals surface area contributed by atoms with E-state index < -0.39 is 0 Å². The molecule has 0 radical (unpaired) electrons. The van der Waals surface area contributed by atoms with E-state index in [1.165, 1.54) is 38.8 Å². The number of likely N-dealkylation sites (tertiary alicyclic amines) is 1. The molecule has 5 heteroatoms. The van der Waals surface area contributed by atoms with Crippen LogP contribution >= 0.6 is 24.0 Å². The van der Waals surface area contributed by atoms with Crippen molar-refractivity contribution in [2.45, 2.75) is 52.5 Å². The van der Waals surface area contributed by atoms with Gasteiger partial charge in [-0.2, -0.15) is 0 Å². The Labute approximate surface area is 154 Å². The lowest BCUT2D eigenvalue weighted by molar-refractivity contribution is 0.280. The maximum atomic E-state index is 4.48. The van der Waals surface area contributed by atoms with Crippen LogP contribution in [0.1, 0.15) is 46.5 Å². The molecule has 130 valence electrons. The fraction of sp³-hybridized carbons (Fsp3) is 0.941. The minimum absolute atomic E-state index is 0. The van der Waals surface area contributed by atoms with E-state index in [1.807, 2.05) is 7.05 Å². The molecule has 2 rings (SSSR count). The standard InChI is InChI=1S/C17H34N4.HI/c1-5-20(16-6-7-16)11-9-19-17(18-4)21-10-8-15(13-21)12-14(2)3;/h14-16H,5-13H2,1-4H3,(H,18,19);1H. The Balaban J connectivity index is 0.00000242. The molecule has 4 nitrogen and oxygen atoms in total. The van der Waals surface area contributed by atoms with Crippen molar-refractivity contribution in [3.8, 4) is 0 Å². The second kappa shape index (κ2) is 9.96. The van der Waals surface area contributed by atoms with Gasteiger partial charge in [-0.05, 0) is 44.1 Å². The molecule has 1 saturated carbocycles. The number of guanidine groups is 1. The first-order valence-electron chi connectivity index (χ1n) is 8.83. The minimum atomic E-state index is 0. The van der Waals surface area contributed by atoms with Gasteiger partial charge in [0.2, 0.25) is 0 Å². The number of nitrogens with one attached hydrogen (secondary N) is 1. The molecule has 0 aromatic carbocycles. The van der Waals surface area contributed by atoms with Crippen molar-refractivity contribution in [3.05, 3.63) is 0 Å². The van der Waals surface area contributed by atoms with Crippen molar-refractivity contribution >= 4 is 29.9 Å². The van der Waals surface area contributed by atoms with Crippen molar-refractivity contribution < 1.29 is 0 Å². The topological polar surface area (TPSA) is 30.9 Å². The summed E-state index contributed by atoms with van der Waals surface area (Å²) in [6.45, 7) is 12.6. The number of nitrogens with zero attached hydrogens (tertiary/aromatic N) is 3. The Hall–Kier alpha value is -0.0400. The normalized spacial score (nSPS) is 22.4. The number of halogens is 1. The van der Waals surface area contributed by atoms with E-state index in [2.05, 4.69) is 40.9 Å². The van der Waals surface area contributed by atoms with Crippen LogP contribution in [0.3, 0.4) is 0 Å². The molecular formula is C17H35IN4. The van der Waals surface area contributed by atoms with Crippen LogP contribution in [0.15, 0.2) is 4.99 Å². The van der Waals surface area contributed by atoms with Crippen LogP contribution in [0.2, 0.25) is 0 Å². The molecule has 2 aliphatic rings. The molecule has 22 heavy (non-hydrogen) atoms. The van der Waals surface area contributed by atoms with Gasteiger partial charge in [-0.15, -0.1) is 24.0 Å². The maximum absolute atomic E-state index is 4.48. The lowest BCUT2D eigenvalue weighted by Gasteiger charge is -2.24. The van der Waals surface area contributed by atoms with Gasteiger partial charge in [-0.3, -0.25) is 9.89 Å². The molecule has 1 atom stereocenters. The molecule has 0 bridgehead atoms. The van der Waals surface area contributed by atoms with E-state index >= 15 is 0 Å². The van der Waals surface area contributed by atoms with Crippen LogP contribution in [0.5, 0.6) is 0 Å². The van der Waals surface area contributed by atoms with Gasteiger partial charge in [-0.25, -0.2) is 0 Å². The van der Waals surface area contributed by atoms with Crippen LogP contribution in [0, 0.1) is 11.8 Å². The number of rotatable bonds is 7. The SMILES string of the molecule is CCN(CCNC(=NC)N1CCC(CC(C)C)C1)C1CC1.I. The first-order chi connectivity index (χ1) is 10.1. The van der Waals surface area contributed by atoms with Gasteiger partial charge in [0.15, 0.2) is 5.96 Å². The zero-order chi connectivity index (χ0) is 15.2. The van der Waals surface area contributed by atoms with E-state index in [-0.39, 0.29) is 24.0 Å². The fourth-order valence-electron chi connectivity index (χ4n) is 3.57. The Kier molecular flexibility index (Phi) is 9.05. The van der Waals surface area contributed by atoms with E-state index in [4.69, 9.17) is 0 Å². The highest BCUT2D eigenvalue weighted by Crippen LogP contribution is 2.26. The van der Waals surface area contributed by atoms with Gasteiger partial charge >= 0.3 is 0 Å². The predicted octanol–water partition coefficient (Wildman–Crippen LogP) is 3.03. The van der Waals surface area contributed by atoms with Gasteiger partial charge in [0.1, 0.15) is 0 Å². The molecular weight excluding hydrogens is 387 g/mol. The average molecular weight is 422 g/mol. The second-order valence-electron chi connectivity index (χ2n) is 7.06. The monoisotopic (exact) mass is 422 g/mol.